The molecule has 0 saturated carbocycles. The van der Waals surface area contributed by atoms with Crippen molar-refractivity contribution < 1.29 is 0 Å². The van der Waals surface area contributed by atoms with Crippen molar-refractivity contribution in [2.45, 2.75) is 26.3 Å². The molecule has 0 unspecified atom stereocenters. The standard InChI is InChI=1S/C11H14ClN3/c1-11(2,3)10(12)15-9-7-5-4-6-8(9)13-14-15/h4-7,10H,1-3H3/t10-/m1/s1. The Morgan fingerprint density at radius 1 is 1.27 bits per heavy atom. The van der Waals surface area contributed by atoms with E-state index in [1.807, 2.05) is 24.3 Å². The van der Waals surface area contributed by atoms with Crippen LogP contribution >= 0.6 is 11.6 Å². The molecule has 15 heavy (non-hydrogen) atoms. The number of halogens is 1. The number of nitrogens with zero attached hydrogens (tertiary/aromatic N) is 3. The van der Waals surface area contributed by atoms with Gasteiger partial charge in [0.2, 0.25) is 0 Å². The minimum atomic E-state index is -0.190. The average molecular weight is 224 g/mol. The molecule has 1 aromatic heterocycles. The Labute approximate surface area is 94.0 Å². The van der Waals surface area contributed by atoms with Crippen molar-refractivity contribution in [2.24, 2.45) is 5.41 Å². The summed E-state index contributed by atoms with van der Waals surface area (Å²) < 4.78 is 1.77. The Balaban J connectivity index is 2.53. The molecule has 0 N–H and O–H groups in total. The number of para-hydroxylation sites is 1. The molecule has 80 valence electrons. The molecule has 0 aliphatic carbocycles. The van der Waals surface area contributed by atoms with Crippen LogP contribution in [0.1, 0.15) is 26.3 Å². The molecule has 0 amide bonds. The minimum Gasteiger partial charge on any atom is -0.226 e. The second kappa shape index (κ2) is 3.49. The van der Waals surface area contributed by atoms with Crippen LogP contribution in [0.4, 0.5) is 0 Å². The van der Waals surface area contributed by atoms with E-state index < -0.39 is 0 Å². The van der Waals surface area contributed by atoms with Gasteiger partial charge < -0.3 is 0 Å². The molecule has 0 radical (unpaired) electrons. The highest BCUT2D eigenvalue weighted by molar-refractivity contribution is 6.19. The van der Waals surface area contributed by atoms with E-state index >= 15 is 0 Å². The van der Waals surface area contributed by atoms with Gasteiger partial charge in [0.05, 0.1) is 5.52 Å². The van der Waals surface area contributed by atoms with Crippen molar-refractivity contribution in [1.29, 1.82) is 0 Å². The Morgan fingerprint density at radius 3 is 2.60 bits per heavy atom. The van der Waals surface area contributed by atoms with Crippen molar-refractivity contribution in [1.82, 2.24) is 15.0 Å². The van der Waals surface area contributed by atoms with Gasteiger partial charge in [0.25, 0.3) is 0 Å². The zero-order chi connectivity index (χ0) is 11.1. The summed E-state index contributed by atoms with van der Waals surface area (Å²) in [7, 11) is 0. The van der Waals surface area contributed by atoms with Crippen LogP contribution in [-0.2, 0) is 0 Å². The molecule has 1 aromatic carbocycles. The molecule has 0 fully saturated rings. The lowest BCUT2D eigenvalue weighted by atomic mass is 9.96. The zero-order valence-corrected chi connectivity index (χ0v) is 9.86. The van der Waals surface area contributed by atoms with Gasteiger partial charge in [0.15, 0.2) is 0 Å². The fourth-order valence-corrected chi connectivity index (χ4v) is 1.57. The minimum absolute atomic E-state index is 0.0436. The summed E-state index contributed by atoms with van der Waals surface area (Å²) in [5, 5.41) is 8.18. The summed E-state index contributed by atoms with van der Waals surface area (Å²) in [6.45, 7) is 6.25. The smallest absolute Gasteiger partial charge is 0.132 e. The van der Waals surface area contributed by atoms with Gasteiger partial charge in [-0.3, -0.25) is 0 Å². The molecule has 0 saturated heterocycles. The molecule has 0 bridgehead atoms. The summed E-state index contributed by atoms with van der Waals surface area (Å²) in [5.41, 5.74) is 1.63. The van der Waals surface area contributed by atoms with Crippen molar-refractivity contribution >= 4 is 22.6 Å². The highest BCUT2D eigenvalue weighted by Crippen LogP contribution is 2.34. The number of aromatic nitrogens is 3. The lowest BCUT2D eigenvalue weighted by Gasteiger charge is -2.25. The van der Waals surface area contributed by atoms with Crippen LogP contribution in [0, 0.1) is 5.41 Å². The predicted molar refractivity (Wildman–Crippen MR) is 61.9 cm³/mol. The van der Waals surface area contributed by atoms with E-state index in [9.17, 15) is 0 Å². The van der Waals surface area contributed by atoms with Crippen LogP contribution in [0.2, 0.25) is 0 Å². The van der Waals surface area contributed by atoms with E-state index in [4.69, 9.17) is 11.6 Å². The molecule has 1 atom stereocenters. The van der Waals surface area contributed by atoms with E-state index in [1.165, 1.54) is 0 Å². The number of hydrogen-bond acceptors (Lipinski definition) is 2. The predicted octanol–water partition coefficient (Wildman–Crippen LogP) is 3.21. The van der Waals surface area contributed by atoms with Gasteiger partial charge in [-0.2, -0.15) is 0 Å². The third kappa shape index (κ3) is 1.84. The average Bonchev–Trinajstić information content (AvgIpc) is 2.58. The second-order valence-electron chi connectivity index (χ2n) is 4.72. The number of hydrogen-bond donors (Lipinski definition) is 0. The Kier molecular flexibility index (Phi) is 2.43. The summed E-state index contributed by atoms with van der Waals surface area (Å²) in [5.74, 6) is 0. The van der Waals surface area contributed by atoms with Gasteiger partial charge in [-0.15, -0.1) is 5.10 Å². The van der Waals surface area contributed by atoms with Crippen LogP contribution in [0.5, 0.6) is 0 Å². The molecule has 2 rings (SSSR count). The normalized spacial score (nSPS) is 14.4. The van der Waals surface area contributed by atoms with Crippen LogP contribution in [0.3, 0.4) is 0 Å². The summed E-state index contributed by atoms with van der Waals surface area (Å²) in [6.07, 6.45) is 0. The summed E-state index contributed by atoms with van der Waals surface area (Å²) in [6, 6.07) is 7.83. The quantitative estimate of drug-likeness (QED) is 0.695. The molecule has 2 aromatic rings. The molecule has 0 spiro atoms. The van der Waals surface area contributed by atoms with Gasteiger partial charge in [-0.25, -0.2) is 4.68 Å². The van der Waals surface area contributed by atoms with Crippen LogP contribution in [0.25, 0.3) is 11.0 Å². The maximum absolute atomic E-state index is 6.36. The van der Waals surface area contributed by atoms with Gasteiger partial charge >= 0.3 is 0 Å². The molecule has 0 aliphatic rings. The first kappa shape index (κ1) is 10.4. The molecule has 3 nitrogen and oxygen atoms in total. The highest BCUT2D eigenvalue weighted by atomic mass is 35.5. The van der Waals surface area contributed by atoms with Crippen molar-refractivity contribution in [3.05, 3.63) is 24.3 Å². The zero-order valence-electron chi connectivity index (χ0n) is 9.11. The maximum atomic E-state index is 6.36. The maximum Gasteiger partial charge on any atom is 0.132 e. The van der Waals surface area contributed by atoms with Crippen LogP contribution in [-0.4, -0.2) is 15.0 Å². The monoisotopic (exact) mass is 223 g/mol. The molecular weight excluding hydrogens is 210 g/mol. The lowest BCUT2D eigenvalue weighted by molar-refractivity contribution is 0.309. The summed E-state index contributed by atoms with van der Waals surface area (Å²) in [4.78, 5) is 0. The number of alkyl halides is 1. The fraction of sp³-hybridized carbons (Fsp3) is 0.455. The first-order valence-corrected chi connectivity index (χ1v) is 5.38. The first-order valence-electron chi connectivity index (χ1n) is 4.94. The van der Waals surface area contributed by atoms with Gasteiger partial charge in [0.1, 0.15) is 11.0 Å². The third-order valence-electron chi connectivity index (χ3n) is 2.31. The van der Waals surface area contributed by atoms with Gasteiger partial charge in [-0.05, 0) is 17.5 Å². The van der Waals surface area contributed by atoms with E-state index in [-0.39, 0.29) is 10.9 Å². The summed E-state index contributed by atoms with van der Waals surface area (Å²) >= 11 is 6.36. The molecular formula is C11H14ClN3. The first-order chi connectivity index (χ1) is 7.00. The van der Waals surface area contributed by atoms with Crippen molar-refractivity contribution in [2.75, 3.05) is 0 Å². The Morgan fingerprint density at radius 2 is 1.93 bits per heavy atom. The molecule has 0 aliphatic heterocycles. The topological polar surface area (TPSA) is 30.7 Å². The fourth-order valence-electron chi connectivity index (χ4n) is 1.42. The van der Waals surface area contributed by atoms with Crippen LogP contribution < -0.4 is 0 Å². The lowest BCUT2D eigenvalue weighted by Crippen LogP contribution is -2.20. The largest absolute Gasteiger partial charge is 0.226 e. The van der Waals surface area contributed by atoms with Gasteiger partial charge in [-0.1, -0.05) is 49.7 Å². The molecule has 1 heterocycles. The van der Waals surface area contributed by atoms with E-state index in [2.05, 4.69) is 31.1 Å². The molecule has 4 heteroatoms. The third-order valence-corrected chi connectivity index (χ3v) is 3.15. The van der Waals surface area contributed by atoms with Gasteiger partial charge in [0, 0.05) is 0 Å². The van der Waals surface area contributed by atoms with Crippen molar-refractivity contribution in [3.63, 3.8) is 0 Å². The Bertz CT molecular complexity index is 470. The van der Waals surface area contributed by atoms with E-state index in [0.717, 1.165) is 11.0 Å². The van der Waals surface area contributed by atoms with Crippen LogP contribution in [0.15, 0.2) is 24.3 Å². The van der Waals surface area contributed by atoms with E-state index in [1.54, 1.807) is 4.68 Å². The highest BCUT2D eigenvalue weighted by Gasteiger charge is 2.26. The van der Waals surface area contributed by atoms with Crippen molar-refractivity contribution in [3.8, 4) is 0 Å². The number of benzene rings is 1. The Hall–Kier alpha value is -1.09. The number of fused-ring (bicyclic) bond motifs is 1. The number of rotatable bonds is 1. The van der Waals surface area contributed by atoms with E-state index in [0.29, 0.717) is 0 Å². The second-order valence-corrected chi connectivity index (χ2v) is 5.14. The SMILES string of the molecule is CC(C)(C)[C@H](Cl)n1nnc2ccccc21.